The Kier molecular flexibility index (Phi) is 5.90. The van der Waals surface area contributed by atoms with Crippen LogP contribution >= 0.6 is 31.9 Å². The van der Waals surface area contributed by atoms with Gasteiger partial charge in [-0.05, 0) is 46.3 Å². The predicted molar refractivity (Wildman–Crippen MR) is 95.9 cm³/mol. The van der Waals surface area contributed by atoms with Gasteiger partial charge in [-0.3, -0.25) is 4.79 Å². The Bertz CT molecular complexity index is 717. The Balaban J connectivity index is 2.41. The smallest absolute Gasteiger partial charge is 0.257 e. The molecule has 23 heavy (non-hydrogen) atoms. The van der Waals surface area contributed by atoms with E-state index in [9.17, 15) is 4.79 Å². The van der Waals surface area contributed by atoms with Gasteiger partial charge in [-0.25, -0.2) is 0 Å². The number of amides is 1. The molecule has 122 valence electrons. The molecule has 1 amide bonds. The Morgan fingerprint density at radius 2 is 1.57 bits per heavy atom. The molecule has 2 aromatic carbocycles. The van der Waals surface area contributed by atoms with Crippen LogP contribution in [-0.2, 0) is 0 Å². The third kappa shape index (κ3) is 3.79. The number of nitrogens with one attached hydrogen (secondary N) is 1. The summed E-state index contributed by atoms with van der Waals surface area (Å²) in [5.74, 6) is 0.932. The number of hydrogen-bond acceptors (Lipinski definition) is 4. The number of benzene rings is 2. The first kappa shape index (κ1) is 17.6. The summed E-state index contributed by atoms with van der Waals surface area (Å²) in [6.45, 7) is 0. The molecule has 2 aromatic rings. The van der Waals surface area contributed by atoms with Gasteiger partial charge in [0.05, 0.1) is 31.4 Å². The second-order valence-corrected chi connectivity index (χ2v) is 6.18. The molecular weight excluding hydrogens is 430 g/mol. The quantitative estimate of drug-likeness (QED) is 0.738. The van der Waals surface area contributed by atoms with E-state index in [0.717, 1.165) is 4.47 Å². The molecule has 0 fully saturated rings. The lowest BCUT2D eigenvalue weighted by Crippen LogP contribution is -2.13. The van der Waals surface area contributed by atoms with Crippen molar-refractivity contribution >= 4 is 43.5 Å². The predicted octanol–water partition coefficient (Wildman–Crippen LogP) is 4.49. The van der Waals surface area contributed by atoms with Crippen LogP contribution in [0.5, 0.6) is 17.2 Å². The van der Waals surface area contributed by atoms with E-state index in [0.29, 0.717) is 33.0 Å². The van der Waals surface area contributed by atoms with E-state index in [1.807, 2.05) is 12.1 Å². The summed E-state index contributed by atoms with van der Waals surface area (Å²) in [6, 6.07) is 8.89. The lowest BCUT2D eigenvalue weighted by molar-refractivity contribution is 0.102. The van der Waals surface area contributed by atoms with Crippen LogP contribution in [0.3, 0.4) is 0 Å². The topological polar surface area (TPSA) is 56.8 Å². The van der Waals surface area contributed by atoms with Crippen molar-refractivity contribution in [2.45, 2.75) is 0 Å². The van der Waals surface area contributed by atoms with Gasteiger partial charge in [-0.15, -0.1) is 0 Å². The minimum atomic E-state index is -0.293. The normalized spacial score (nSPS) is 10.1. The molecule has 7 heteroatoms. The van der Waals surface area contributed by atoms with E-state index < -0.39 is 0 Å². The average molecular weight is 445 g/mol. The Labute approximate surface area is 151 Å². The van der Waals surface area contributed by atoms with E-state index in [-0.39, 0.29) is 5.91 Å². The largest absolute Gasteiger partial charge is 0.493 e. The van der Waals surface area contributed by atoms with Crippen LogP contribution in [-0.4, -0.2) is 27.2 Å². The molecule has 0 aromatic heterocycles. The maximum absolute atomic E-state index is 12.6. The van der Waals surface area contributed by atoms with Gasteiger partial charge in [0.2, 0.25) is 5.75 Å². The number of hydrogen-bond donors (Lipinski definition) is 1. The summed E-state index contributed by atoms with van der Waals surface area (Å²) in [5, 5.41) is 2.82. The van der Waals surface area contributed by atoms with Crippen molar-refractivity contribution < 1.29 is 19.0 Å². The van der Waals surface area contributed by atoms with Crippen molar-refractivity contribution in [3.8, 4) is 17.2 Å². The van der Waals surface area contributed by atoms with E-state index in [2.05, 4.69) is 37.2 Å². The SMILES string of the molecule is COc1cc(C(=O)Nc2ccc(Br)cc2)c(Br)c(OC)c1OC. The van der Waals surface area contributed by atoms with Gasteiger partial charge in [0.25, 0.3) is 5.91 Å². The third-order valence-electron chi connectivity index (χ3n) is 3.12. The summed E-state index contributed by atoms with van der Waals surface area (Å²) >= 11 is 6.75. The zero-order valence-corrected chi connectivity index (χ0v) is 15.9. The van der Waals surface area contributed by atoms with E-state index in [1.54, 1.807) is 18.2 Å². The summed E-state index contributed by atoms with van der Waals surface area (Å²) in [4.78, 5) is 12.6. The first-order valence-electron chi connectivity index (χ1n) is 6.57. The van der Waals surface area contributed by atoms with Gasteiger partial charge in [0.15, 0.2) is 11.5 Å². The maximum Gasteiger partial charge on any atom is 0.257 e. The van der Waals surface area contributed by atoms with Crippen LogP contribution in [0.25, 0.3) is 0 Å². The molecule has 0 unspecified atom stereocenters. The molecule has 0 bridgehead atoms. The molecule has 0 heterocycles. The summed E-state index contributed by atoms with van der Waals surface area (Å²) in [5.41, 5.74) is 1.06. The molecule has 0 aliphatic heterocycles. The van der Waals surface area contributed by atoms with Gasteiger partial charge in [0, 0.05) is 10.2 Å². The fourth-order valence-electron chi connectivity index (χ4n) is 2.02. The molecule has 5 nitrogen and oxygen atoms in total. The van der Waals surface area contributed by atoms with Crippen molar-refractivity contribution in [1.82, 2.24) is 0 Å². The summed E-state index contributed by atoms with van der Waals surface area (Å²) < 4.78 is 17.3. The van der Waals surface area contributed by atoms with Crippen LogP contribution in [0.1, 0.15) is 10.4 Å². The van der Waals surface area contributed by atoms with Crippen molar-refractivity contribution in [1.29, 1.82) is 0 Å². The third-order valence-corrected chi connectivity index (χ3v) is 4.43. The number of carbonyl (C=O) groups is 1. The maximum atomic E-state index is 12.6. The molecule has 0 radical (unpaired) electrons. The van der Waals surface area contributed by atoms with Crippen LogP contribution in [0.4, 0.5) is 5.69 Å². The molecule has 0 aliphatic rings. The lowest BCUT2D eigenvalue weighted by atomic mass is 10.1. The Morgan fingerprint density at radius 3 is 2.09 bits per heavy atom. The highest BCUT2D eigenvalue weighted by molar-refractivity contribution is 9.10. The van der Waals surface area contributed by atoms with E-state index in [4.69, 9.17) is 14.2 Å². The molecule has 1 N–H and O–H groups in total. The van der Waals surface area contributed by atoms with Gasteiger partial charge in [0.1, 0.15) is 0 Å². The van der Waals surface area contributed by atoms with Crippen LogP contribution < -0.4 is 19.5 Å². The highest BCUT2D eigenvalue weighted by Gasteiger charge is 2.22. The molecule has 0 aliphatic carbocycles. The number of methoxy groups -OCH3 is 3. The van der Waals surface area contributed by atoms with Crippen molar-refractivity contribution in [2.24, 2.45) is 0 Å². The van der Waals surface area contributed by atoms with Gasteiger partial charge in [-0.2, -0.15) is 0 Å². The van der Waals surface area contributed by atoms with Crippen LogP contribution in [0.15, 0.2) is 39.3 Å². The molecule has 0 atom stereocenters. The zero-order valence-electron chi connectivity index (χ0n) is 12.8. The molecule has 0 spiro atoms. The molecule has 2 rings (SSSR count). The number of rotatable bonds is 5. The molecule has 0 saturated carbocycles. The highest BCUT2D eigenvalue weighted by atomic mass is 79.9. The van der Waals surface area contributed by atoms with Crippen LogP contribution in [0, 0.1) is 0 Å². The van der Waals surface area contributed by atoms with Gasteiger partial charge >= 0.3 is 0 Å². The van der Waals surface area contributed by atoms with Crippen molar-refractivity contribution in [3.63, 3.8) is 0 Å². The Morgan fingerprint density at radius 1 is 0.957 bits per heavy atom. The summed E-state index contributed by atoms with van der Waals surface area (Å²) in [6.07, 6.45) is 0. The second kappa shape index (κ2) is 7.70. The molecular formula is C16H15Br2NO4. The highest BCUT2D eigenvalue weighted by Crippen LogP contribution is 2.44. The summed E-state index contributed by atoms with van der Waals surface area (Å²) in [7, 11) is 4.51. The van der Waals surface area contributed by atoms with Crippen molar-refractivity contribution in [3.05, 3.63) is 44.8 Å². The minimum absolute atomic E-state index is 0.293. The monoisotopic (exact) mass is 443 g/mol. The zero-order chi connectivity index (χ0) is 17.0. The van der Waals surface area contributed by atoms with E-state index >= 15 is 0 Å². The number of halogens is 2. The minimum Gasteiger partial charge on any atom is -0.493 e. The molecule has 0 saturated heterocycles. The average Bonchev–Trinajstić information content (AvgIpc) is 2.56. The first-order valence-corrected chi connectivity index (χ1v) is 8.15. The Hall–Kier alpha value is -1.73. The van der Waals surface area contributed by atoms with Gasteiger partial charge in [-0.1, -0.05) is 15.9 Å². The first-order chi connectivity index (χ1) is 11.0. The fourth-order valence-corrected chi connectivity index (χ4v) is 2.92. The van der Waals surface area contributed by atoms with Crippen LogP contribution in [0.2, 0.25) is 0 Å². The fraction of sp³-hybridized carbons (Fsp3) is 0.188. The van der Waals surface area contributed by atoms with Crippen molar-refractivity contribution in [2.75, 3.05) is 26.6 Å². The lowest BCUT2D eigenvalue weighted by Gasteiger charge is -2.16. The number of ether oxygens (including phenoxy) is 3. The van der Waals surface area contributed by atoms with Gasteiger partial charge < -0.3 is 19.5 Å². The van der Waals surface area contributed by atoms with E-state index in [1.165, 1.54) is 21.3 Å². The second-order valence-electron chi connectivity index (χ2n) is 4.47. The number of carbonyl (C=O) groups excluding carboxylic acids is 1. The standard InChI is InChI=1S/C16H15Br2NO4/c1-21-12-8-11(13(18)15(23-3)14(12)22-2)16(20)19-10-6-4-9(17)5-7-10/h4-8H,1-3H3,(H,19,20). The number of anilines is 1.